The van der Waals surface area contributed by atoms with Gasteiger partial charge in [-0.05, 0) is 41.5 Å². The van der Waals surface area contributed by atoms with E-state index < -0.39 is 0 Å². The van der Waals surface area contributed by atoms with Crippen LogP contribution in [-0.4, -0.2) is 23.2 Å². The summed E-state index contributed by atoms with van der Waals surface area (Å²) in [4.78, 5) is 10.8. The molecule has 0 aromatic rings. The standard InChI is InChI=1S/C12H25NO2/c1-9(15-10(2)14)8-12(6,7)13-11(3,4)5/h9,13H,8H2,1-7H3. The van der Waals surface area contributed by atoms with Crippen molar-refractivity contribution in [3.63, 3.8) is 0 Å². The molecule has 15 heavy (non-hydrogen) atoms. The van der Waals surface area contributed by atoms with Gasteiger partial charge in [0.2, 0.25) is 0 Å². The Labute approximate surface area is 93.6 Å². The van der Waals surface area contributed by atoms with Crippen molar-refractivity contribution in [3.8, 4) is 0 Å². The molecule has 0 aromatic carbocycles. The van der Waals surface area contributed by atoms with E-state index in [9.17, 15) is 4.79 Å². The first-order valence-electron chi connectivity index (χ1n) is 5.48. The minimum absolute atomic E-state index is 0.0346. The molecule has 0 saturated heterocycles. The molecule has 0 radical (unpaired) electrons. The molecule has 0 saturated carbocycles. The van der Waals surface area contributed by atoms with Crippen LogP contribution in [0.2, 0.25) is 0 Å². The molecule has 90 valence electrons. The van der Waals surface area contributed by atoms with Crippen LogP contribution in [0.3, 0.4) is 0 Å². The van der Waals surface area contributed by atoms with Crippen molar-refractivity contribution in [1.29, 1.82) is 0 Å². The monoisotopic (exact) mass is 215 g/mol. The Morgan fingerprint density at radius 1 is 1.27 bits per heavy atom. The largest absolute Gasteiger partial charge is 0.463 e. The summed E-state index contributed by atoms with van der Waals surface area (Å²) in [5, 5.41) is 3.51. The lowest BCUT2D eigenvalue weighted by Gasteiger charge is -2.36. The van der Waals surface area contributed by atoms with E-state index in [0.717, 1.165) is 6.42 Å². The van der Waals surface area contributed by atoms with Gasteiger partial charge in [-0.2, -0.15) is 0 Å². The number of carbonyl (C=O) groups is 1. The van der Waals surface area contributed by atoms with Crippen molar-refractivity contribution in [1.82, 2.24) is 5.32 Å². The Balaban J connectivity index is 4.19. The number of rotatable bonds is 4. The van der Waals surface area contributed by atoms with Crippen LogP contribution in [0, 0.1) is 0 Å². The quantitative estimate of drug-likeness (QED) is 0.732. The molecule has 1 unspecified atom stereocenters. The van der Waals surface area contributed by atoms with Crippen molar-refractivity contribution in [2.45, 2.75) is 72.1 Å². The third-order valence-electron chi connectivity index (χ3n) is 1.88. The van der Waals surface area contributed by atoms with Gasteiger partial charge in [-0.25, -0.2) is 0 Å². The zero-order valence-electron chi connectivity index (χ0n) is 11.1. The lowest BCUT2D eigenvalue weighted by Crippen LogP contribution is -2.51. The van der Waals surface area contributed by atoms with Gasteiger partial charge in [0.05, 0.1) is 0 Å². The molecule has 0 rings (SSSR count). The maximum atomic E-state index is 10.8. The van der Waals surface area contributed by atoms with E-state index in [1.165, 1.54) is 6.92 Å². The fourth-order valence-corrected chi connectivity index (χ4v) is 2.11. The first-order chi connectivity index (χ1) is 6.52. The summed E-state index contributed by atoms with van der Waals surface area (Å²) < 4.78 is 5.12. The van der Waals surface area contributed by atoms with Crippen LogP contribution in [0.25, 0.3) is 0 Å². The van der Waals surface area contributed by atoms with Crippen LogP contribution < -0.4 is 5.32 Å². The van der Waals surface area contributed by atoms with Gasteiger partial charge >= 0.3 is 5.97 Å². The highest BCUT2D eigenvalue weighted by Gasteiger charge is 2.26. The zero-order valence-corrected chi connectivity index (χ0v) is 11.1. The highest BCUT2D eigenvalue weighted by molar-refractivity contribution is 5.66. The fourth-order valence-electron chi connectivity index (χ4n) is 2.11. The molecular formula is C12H25NO2. The summed E-state index contributed by atoms with van der Waals surface area (Å²) in [6.45, 7) is 14.0. The maximum absolute atomic E-state index is 10.8. The van der Waals surface area contributed by atoms with E-state index in [1.54, 1.807) is 0 Å². The number of hydrogen-bond donors (Lipinski definition) is 1. The summed E-state index contributed by atoms with van der Waals surface area (Å²) in [5.74, 6) is -0.214. The highest BCUT2D eigenvalue weighted by Crippen LogP contribution is 2.17. The number of ether oxygens (including phenoxy) is 1. The van der Waals surface area contributed by atoms with Crippen LogP contribution in [0.15, 0.2) is 0 Å². The van der Waals surface area contributed by atoms with E-state index in [2.05, 4.69) is 39.9 Å². The lowest BCUT2D eigenvalue weighted by atomic mass is 9.93. The summed E-state index contributed by atoms with van der Waals surface area (Å²) in [7, 11) is 0. The summed E-state index contributed by atoms with van der Waals surface area (Å²) in [5.41, 5.74) is 0.0343. The summed E-state index contributed by atoms with van der Waals surface area (Å²) >= 11 is 0. The average Bonchev–Trinajstić information content (AvgIpc) is 1.73. The van der Waals surface area contributed by atoms with E-state index in [-0.39, 0.29) is 23.2 Å². The number of carbonyl (C=O) groups excluding carboxylic acids is 1. The van der Waals surface area contributed by atoms with Crippen LogP contribution in [0.5, 0.6) is 0 Å². The third-order valence-corrected chi connectivity index (χ3v) is 1.88. The molecule has 0 heterocycles. The Kier molecular flexibility index (Phi) is 4.78. The minimum atomic E-state index is -0.214. The van der Waals surface area contributed by atoms with Crippen molar-refractivity contribution in [2.75, 3.05) is 0 Å². The molecule has 0 aromatic heterocycles. The second-order valence-corrected chi connectivity index (χ2v) is 5.88. The SMILES string of the molecule is CC(=O)OC(C)CC(C)(C)NC(C)(C)C. The Bertz CT molecular complexity index is 216. The number of nitrogens with one attached hydrogen (secondary N) is 1. The van der Waals surface area contributed by atoms with Crippen LogP contribution in [-0.2, 0) is 9.53 Å². The fraction of sp³-hybridized carbons (Fsp3) is 0.917. The molecule has 3 heteroatoms. The first-order valence-corrected chi connectivity index (χ1v) is 5.48. The predicted octanol–water partition coefficient (Wildman–Crippen LogP) is 2.49. The van der Waals surface area contributed by atoms with Gasteiger partial charge in [-0.1, -0.05) is 0 Å². The first kappa shape index (κ1) is 14.4. The van der Waals surface area contributed by atoms with Gasteiger partial charge < -0.3 is 10.1 Å². The Morgan fingerprint density at radius 2 is 1.73 bits per heavy atom. The molecule has 1 N–H and O–H groups in total. The van der Waals surface area contributed by atoms with Crippen molar-refractivity contribution < 1.29 is 9.53 Å². The van der Waals surface area contributed by atoms with Crippen molar-refractivity contribution in [3.05, 3.63) is 0 Å². The molecule has 0 bridgehead atoms. The maximum Gasteiger partial charge on any atom is 0.302 e. The normalized spacial score (nSPS) is 14.9. The minimum Gasteiger partial charge on any atom is -0.463 e. The third kappa shape index (κ3) is 8.43. The molecule has 0 amide bonds. The van der Waals surface area contributed by atoms with Gasteiger partial charge in [0.15, 0.2) is 0 Å². The zero-order chi connectivity index (χ0) is 12.3. The molecular weight excluding hydrogens is 190 g/mol. The van der Waals surface area contributed by atoms with E-state index >= 15 is 0 Å². The summed E-state index contributed by atoms with van der Waals surface area (Å²) in [6, 6.07) is 0. The molecule has 0 spiro atoms. The molecule has 1 atom stereocenters. The van der Waals surface area contributed by atoms with Crippen LogP contribution >= 0.6 is 0 Å². The Morgan fingerprint density at radius 3 is 2.07 bits per heavy atom. The van der Waals surface area contributed by atoms with Gasteiger partial charge in [0.1, 0.15) is 6.10 Å². The van der Waals surface area contributed by atoms with Gasteiger partial charge in [-0.15, -0.1) is 0 Å². The van der Waals surface area contributed by atoms with Gasteiger partial charge in [-0.3, -0.25) is 4.79 Å². The Hall–Kier alpha value is -0.570. The average molecular weight is 215 g/mol. The van der Waals surface area contributed by atoms with Crippen molar-refractivity contribution in [2.24, 2.45) is 0 Å². The highest BCUT2D eigenvalue weighted by atomic mass is 16.5. The van der Waals surface area contributed by atoms with E-state index in [4.69, 9.17) is 4.74 Å². The van der Waals surface area contributed by atoms with Gasteiger partial charge in [0, 0.05) is 24.4 Å². The van der Waals surface area contributed by atoms with Crippen molar-refractivity contribution >= 4 is 5.97 Å². The summed E-state index contributed by atoms with van der Waals surface area (Å²) in [6.07, 6.45) is 0.761. The number of esters is 1. The second-order valence-electron chi connectivity index (χ2n) is 5.88. The molecule has 0 aliphatic rings. The molecule has 3 nitrogen and oxygen atoms in total. The molecule has 0 fully saturated rings. The molecule has 0 aliphatic carbocycles. The topological polar surface area (TPSA) is 38.3 Å². The lowest BCUT2D eigenvalue weighted by molar-refractivity contribution is -0.146. The second kappa shape index (κ2) is 4.97. The van der Waals surface area contributed by atoms with Crippen LogP contribution in [0.1, 0.15) is 54.9 Å². The van der Waals surface area contributed by atoms with E-state index in [1.807, 2.05) is 6.92 Å². The van der Waals surface area contributed by atoms with E-state index in [0.29, 0.717) is 0 Å². The van der Waals surface area contributed by atoms with Gasteiger partial charge in [0.25, 0.3) is 0 Å². The molecule has 0 aliphatic heterocycles. The van der Waals surface area contributed by atoms with Crippen LogP contribution in [0.4, 0.5) is 0 Å². The predicted molar refractivity (Wildman–Crippen MR) is 62.8 cm³/mol. The smallest absolute Gasteiger partial charge is 0.302 e. The number of hydrogen-bond acceptors (Lipinski definition) is 3.